The van der Waals surface area contributed by atoms with Gasteiger partial charge >= 0.3 is 0 Å². The summed E-state index contributed by atoms with van der Waals surface area (Å²) in [5.74, 6) is -0.214. The monoisotopic (exact) mass is 222 g/mol. The molecular weight excluding hydrogens is 203 g/mol. The van der Waals surface area contributed by atoms with E-state index in [1.165, 1.54) is 37.8 Å². The second-order valence-electron chi connectivity index (χ2n) is 4.55. The van der Waals surface area contributed by atoms with E-state index in [1.807, 2.05) is 6.07 Å². The summed E-state index contributed by atoms with van der Waals surface area (Å²) in [7, 11) is 0. The zero-order chi connectivity index (χ0) is 11.4. The van der Waals surface area contributed by atoms with Gasteiger partial charge in [-0.1, -0.05) is 25.0 Å². The molecule has 1 aromatic rings. The average Bonchev–Trinajstić information content (AvgIpc) is 2.78. The molecule has 1 aliphatic rings. The molecular formula is C13H19FN2. The second-order valence-corrected chi connectivity index (χ2v) is 4.55. The minimum Gasteiger partial charge on any atom is -0.323 e. The smallest absolute Gasteiger partial charge is 0.123 e. The summed E-state index contributed by atoms with van der Waals surface area (Å²) in [6.45, 7) is 0.730. The third-order valence-corrected chi connectivity index (χ3v) is 3.26. The quantitative estimate of drug-likeness (QED) is 0.820. The number of nitrogens with one attached hydrogen (secondary N) is 1. The first-order valence-corrected chi connectivity index (χ1v) is 6.00. The summed E-state index contributed by atoms with van der Waals surface area (Å²) in [6.07, 6.45) is 5.12. The Balaban J connectivity index is 1.85. The third-order valence-electron chi connectivity index (χ3n) is 3.26. The van der Waals surface area contributed by atoms with Crippen LogP contribution in [-0.4, -0.2) is 12.6 Å². The Hall–Kier alpha value is -0.930. The van der Waals surface area contributed by atoms with E-state index in [0.717, 1.165) is 12.1 Å². The van der Waals surface area contributed by atoms with Gasteiger partial charge < -0.3 is 11.1 Å². The summed E-state index contributed by atoms with van der Waals surface area (Å²) in [6, 6.07) is 7.04. The molecule has 1 saturated carbocycles. The van der Waals surface area contributed by atoms with Crippen molar-refractivity contribution in [3.8, 4) is 0 Å². The first-order valence-electron chi connectivity index (χ1n) is 6.00. The van der Waals surface area contributed by atoms with Gasteiger partial charge in [-0.3, -0.25) is 0 Å². The van der Waals surface area contributed by atoms with Crippen LogP contribution in [0.2, 0.25) is 0 Å². The molecule has 1 aliphatic carbocycles. The molecule has 0 heterocycles. The van der Waals surface area contributed by atoms with Crippen LogP contribution in [0.4, 0.5) is 4.39 Å². The fraction of sp³-hybridized carbons (Fsp3) is 0.538. The van der Waals surface area contributed by atoms with E-state index >= 15 is 0 Å². The van der Waals surface area contributed by atoms with E-state index in [4.69, 9.17) is 5.73 Å². The van der Waals surface area contributed by atoms with Crippen molar-refractivity contribution in [2.45, 2.75) is 37.8 Å². The van der Waals surface area contributed by atoms with Crippen LogP contribution in [0.1, 0.15) is 37.3 Å². The van der Waals surface area contributed by atoms with Gasteiger partial charge in [0.2, 0.25) is 0 Å². The van der Waals surface area contributed by atoms with Crippen LogP contribution in [0.15, 0.2) is 24.3 Å². The average molecular weight is 222 g/mol. The van der Waals surface area contributed by atoms with Crippen LogP contribution >= 0.6 is 0 Å². The summed E-state index contributed by atoms with van der Waals surface area (Å²) >= 11 is 0. The highest BCUT2D eigenvalue weighted by Crippen LogP contribution is 2.18. The molecule has 3 heteroatoms. The van der Waals surface area contributed by atoms with Crippen molar-refractivity contribution in [2.24, 2.45) is 5.73 Å². The normalized spacial score (nSPS) is 18.9. The fourth-order valence-corrected chi connectivity index (χ4v) is 2.28. The highest BCUT2D eigenvalue weighted by atomic mass is 19.1. The van der Waals surface area contributed by atoms with Crippen molar-refractivity contribution in [3.05, 3.63) is 35.6 Å². The Morgan fingerprint density at radius 2 is 2.12 bits per heavy atom. The van der Waals surface area contributed by atoms with Crippen LogP contribution < -0.4 is 11.1 Å². The molecule has 0 amide bonds. The van der Waals surface area contributed by atoms with Crippen molar-refractivity contribution in [3.63, 3.8) is 0 Å². The van der Waals surface area contributed by atoms with E-state index in [2.05, 4.69) is 5.32 Å². The Morgan fingerprint density at radius 1 is 1.38 bits per heavy atom. The molecule has 0 aliphatic heterocycles. The van der Waals surface area contributed by atoms with Gasteiger partial charge in [0, 0.05) is 18.6 Å². The minimum atomic E-state index is -0.214. The van der Waals surface area contributed by atoms with Gasteiger partial charge in [-0.15, -0.1) is 0 Å². The van der Waals surface area contributed by atoms with E-state index in [9.17, 15) is 4.39 Å². The van der Waals surface area contributed by atoms with Crippen molar-refractivity contribution in [2.75, 3.05) is 6.54 Å². The summed E-state index contributed by atoms with van der Waals surface area (Å²) in [5.41, 5.74) is 6.88. The predicted molar refractivity (Wildman–Crippen MR) is 63.6 cm³/mol. The molecule has 1 fully saturated rings. The third kappa shape index (κ3) is 3.03. The first kappa shape index (κ1) is 11.6. The Kier molecular flexibility index (Phi) is 3.91. The molecule has 0 bridgehead atoms. The second kappa shape index (κ2) is 5.41. The lowest BCUT2D eigenvalue weighted by Crippen LogP contribution is -2.33. The molecule has 16 heavy (non-hydrogen) atoms. The van der Waals surface area contributed by atoms with Crippen molar-refractivity contribution >= 4 is 0 Å². The van der Waals surface area contributed by atoms with Crippen LogP contribution in [0.3, 0.4) is 0 Å². The number of nitrogens with two attached hydrogens (primary N) is 1. The van der Waals surface area contributed by atoms with Crippen molar-refractivity contribution in [1.29, 1.82) is 0 Å². The molecule has 1 atom stereocenters. The zero-order valence-electron chi connectivity index (χ0n) is 9.45. The lowest BCUT2D eigenvalue weighted by molar-refractivity contribution is 0.491. The Morgan fingerprint density at radius 3 is 2.81 bits per heavy atom. The standard InChI is InChI=1S/C13H19FN2/c14-11-5-3-4-10(8-11)13(15)9-16-12-6-1-2-7-12/h3-5,8,12-13,16H,1-2,6-7,9,15H2. The van der Waals surface area contributed by atoms with Crippen molar-refractivity contribution < 1.29 is 4.39 Å². The summed E-state index contributed by atoms with van der Waals surface area (Å²) < 4.78 is 13.0. The van der Waals surface area contributed by atoms with Crippen LogP contribution in [-0.2, 0) is 0 Å². The molecule has 0 spiro atoms. The molecule has 2 nitrogen and oxygen atoms in total. The number of rotatable bonds is 4. The highest BCUT2D eigenvalue weighted by molar-refractivity contribution is 5.20. The number of hydrogen-bond acceptors (Lipinski definition) is 2. The molecule has 0 radical (unpaired) electrons. The Bertz CT molecular complexity index is 334. The van der Waals surface area contributed by atoms with E-state index in [-0.39, 0.29) is 11.9 Å². The van der Waals surface area contributed by atoms with Gasteiger partial charge in [-0.05, 0) is 30.5 Å². The van der Waals surface area contributed by atoms with Gasteiger partial charge in [0.1, 0.15) is 5.82 Å². The van der Waals surface area contributed by atoms with E-state index in [1.54, 1.807) is 6.07 Å². The van der Waals surface area contributed by atoms with Crippen LogP contribution in [0.25, 0.3) is 0 Å². The lowest BCUT2D eigenvalue weighted by Gasteiger charge is -2.17. The van der Waals surface area contributed by atoms with Gasteiger partial charge in [0.05, 0.1) is 0 Å². The van der Waals surface area contributed by atoms with E-state index in [0.29, 0.717) is 6.04 Å². The highest BCUT2D eigenvalue weighted by Gasteiger charge is 2.15. The molecule has 88 valence electrons. The molecule has 1 aromatic carbocycles. The molecule has 0 saturated heterocycles. The van der Waals surface area contributed by atoms with Crippen molar-refractivity contribution in [1.82, 2.24) is 5.32 Å². The van der Waals surface area contributed by atoms with Gasteiger partial charge in [-0.25, -0.2) is 4.39 Å². The first-order chi connectivity index (χ1) is 7.75. The number of hydrogen-bond donors (Lipinski definition) is 2. The predicted octanol–water partition coefficient (Wildman–Crippen LogP) is 2.36. The number of halogens is 1. The van der Waals surface area contributed by atoms with Gasteiger partial charge in [-0.2, -0.15) is 0 Å². The van der Waals surface area contributed by atoms with Gasteiger partial charge in [0.25, 0.3) is 0 Å². The largest absolute Gasteiger partial charge is 0.323 e. The fourth-order valence-electron chi connectivity index (χ4n) is 2.28. The maximum Gasteiger partial charge on any atom is 0.123 e. The lowest BCUT2D eigenvalue weighted by atomic mass is 10.1. The molecule has 2 rings (SSSR count). The maximum atomic E-state index is 13.0. The van der Waals surface area contributed by atoms with Crippen LogP contribution in [0.5, 0.6) is 0 Å². The minimum absolute atomic E-state index is 0.115. The zero-order valence-corrected chi connectivity index (χ0v) is 9.45. The molecule has 0 aromatic heterocycles. The maximum absolute atomic E-state index is 13.0. The van der Waals surface area contributed by atoms with E-state index < -0.39 is 0 Å². The summed E-state index contributed by atoms with van der Waals surface area (Å²) in [4.78, 5) is 0. The van der Waals surface area contributed by atoms with Crippen LogP contribution in [0, 0.1) is 5.82 Å². The molecule has 3 N–H and O–H groups in total. The topological polar surface area (TPSA) is 38.0 Å². The van der Waals surface area contributed by atoms with Gasteiger partial charge in [0.15, 0.2) is 0 Å². The summed E-state index contributed by atoms with van der Waals surface area (Å²) in [5, 5.41) is 3.45. The SMILES string of the molecule is NC(CNC1CCCC1)c1cccc(F)c1. The number of benzene rings is 1. The molecule has 1 unspecified atom stereocenters. The Labute approximate surface area is 96.0 Å².